The largest absolute Gasteiger partial charge is 4.00 e. The van der Waals surface area contributed by atoms with Gasteiger partial charge in [-0.2, -0.15) is 12.2 Å². The van der Waals surface area contributed by atoms with Crippen LogP contribution in [0.4, 0.5) is 28.9 Å². The van der Waals surface area contributed by atoms with Gasteiger partial charge in [0.25, 0.3) is 0 Å². The van der Waals surface area contributed by atoms with Gasteiger partial charge in [0.1, 0.15) is 0 Å². The zero-order chi connectivity index (χ0) is 29.8. The fourth-order valence-electron chi connectivity index (χ4n) is 3.12. The van der Waals surface area contributed by atoms with Crippen molar-refractivity contribution in [3.8, 4) is 0 Å². The normalized spacial score (nSPS) is 12.2. The van der Waals surface area contributed by atoms with E-state index in [0.717, 1.165) is 36.1 Å². The van der Waals surface area contributed by atoms with Gasteiger partial charge in [-0.1, -0.05) is 60.7 Å². The van der Waals surface area contributed by atoms with Crippen molar-refractivity contribution in [3.63, 3.8) is 0 Å². The van der Waals surface area contributed by atoms with Gasteiger partial charge in [0.15, 0.2) is 0 Å². The van der Waals surface area contributed by atoms with E-state index in [0.29, 0.717) is 0 Å². The molecule has 212 valence electrons. The number of rotatable bonds is 4. The molecule has 0 amide bonds. The minimum absolute atomic E-state index is 0. The number of benzene rings is 4. The van der Waals surface area contributed by atoms with E-state index in [4.69, 9.17) is 0 Å². The smallest absolute Gasteiger partial charge is 0.318 e. The first-order valence-electron chi connectivity index (χ1n) is 12.9. The van der Waals surface area contributed by atoms with Gasteiger partial charge in [0.2, 0.25) is 0 Å². The number of nitrogens with zero attached hydrogens (tertiary/aromatic N) is 2. The van der Waals surface area contributed by atoms with Crippen LogP contribution in [0.5, 0.6) is 0 Å². The molecule has 4 aromatic carbocycles. The molecular formula is C36H26F4N2Ti. The maximum Gasteiger partial charge on any atom is 4.00 e. The Balaban J connectivity index is 0.000000223. The molecule has 0 fully saturated rings. The molecule has 0 aliphatic heterocycles. The van der Waals surface area contributed by atoms with Crippen LogP contribution in [0.3, 0.4) is 0 Å². The van der Waals surface area contributed by atoms with E-state index >= 15 is 0 Å². The molecule has 0 unspecified atom stereocenters. The fourth-order valence-corrected chi connectivity index (χ4v) is 3.12. The van der Waals surface area contributed by atoms with Gasteiger partial charge in [0, 0.05) is 35.7 Å². The second-order valence-corrected chi connectivity index (χ2v) is 8.35. The van der Waals surface area contributed by atoms with Crippen molar-refractivity contribution >= 4 is 23.8 Å². The number of aliphatic imine (C=N–C) groups is 2. The zero-order valence-electron chi connectivity index (χ0n) is 23.0. The third kappa shape index (κ3) is 14.4. The summed E-state index contributed by atoms with van der Waals surface area (Å²) in [5, 5.41) is 0. The third-order valence-corrected chi connectivity index (χ3v) is 5.16. The summed E-state index contributed by atoms with van der Waals surface area (Å²) in [7, 11) is 0. The van der Waals surface area contributed by atoms with Crippen LogP contribution in [-0.2, 0) is 21.7 Å². The Bertz CT molecular complexity index is 1420. The first-order chi connectivity index (χ1) is 20.5. The summed E-state index contributed by atoms with van der Waals surface area (Å²) in [6, 6.07) is 27.2. The zero-order valence-corrected chi connectivity index (χ0v) is 24.6. The number of hydrogen-bond acceptors (Lipinski definition) is 2. The van der Waals surface area contributed by atoms with Gasteiger partial charge in [-0.25, -0.2) is 41.9 Å². The molecule has 7 heteroatoms. The second kappa shape index (κ2) is 20.5. The van der Waals surface area contributed by atoms with Gasteiger partial charge < -0.3 is 9.98 Å². The van der Waals surface area contributed by atoms with Crippen LogP contribution in [0.15, 0.2) is 131 Å². The molecule has 2 nitrogen and oxygen atoms in total. The Morgan fingerprint density at radius 1 is 0.535 bits per heavy atom. The molecule has 0 saturated carbocycles. The maximum atomic E-state index is 13.1. The van der Waals surface area contributed by atoms with Gasteiger partial charge in [-0.15, -0.1) is 49.2 Å². The Hall–Kier alpha value is -4.39. The SMILES string of the molecule is Fc1[c-]c(F)c(N=Cc2ccccc2)cc1.Fc1[c-]c(F)c(N=Cc2ccccc2)cc1.[C-]1=CC=CC1.[C-]1=CC=CC1.[Ti+4]. The second-order valence-electron chi connectivity index (χ2n) is 8.35. The summed E-state index contributed by atoms with van der Waals surface area (Å²) in [6.07, 6.45) is 23.0. The molecule has 0 radical (unpaired) electrons. The quantitative estimate of drug-likeness (QED) is 0.0952. The molecule has 0 heterocycles. The van der Waals surface area contributed by atoms with Gasteiger partial charge in [0.05, 0.1) is 0 Å². The van der Waals surface area contributed by atoms with Crippen LogP contribution in [0.2, 0.25) is 0 Å². The van der Waals surface area contributed by atoms with Crippen molar-refractivity contribution in [1.82, 2.24) is 0 Å². The summed E-state index contributed by atoms with van der Waals surface area (Å²) in [6.45, 7) is 0. The first kappa shape index (κ1) is 34.8. The Morgan fingerprint density at radius 3 is 1.21 bits per heavy atom. The average Bonchev–Trinajstić information content (AvgIpc) is 3.78. The van der Waals surface area contributed by atoms with Crippen molar-refractivity contribution in [2.24, 2.45) is 9.98 Å². The molecule has 2 aliphatic carbocycles. The van der Waals surface area contributed by atoms with Crippen molar-refractivity contribution in [2.75, 3.05) is 0 Å². The van der Waals surface area contributed by atoms with E-state index < -0.39 is 23.3 Å². The molecule has 0 atom stereocenters. The first-order valence-corrected chi connectivity index (χ1v) is 12.9. The summed E-state index contributed by atoms with van der Waals surface area (Å²) in [5.41, 5.74) is 1.85. The van der Waals surface area contributed by atoms with Gasteiger partial charge in [-0.05, 0) is 22.5 Å². The summed E-state index contributed by atoms with van der Waals surface area (Å²) in [5.74, 6) is -3.02. The minimum Gasteiger partial charge on any atom is -0.318 e. The van der Waals surface area contributed by atoms with Crippen LogP contribution in [0.1, 0.15) is 24.0 Å². The Morgan fingerprint density at radius 2 is 0.930 bits per heavy atom. The van der Waals surface area contributed by atoms with E-state index in [1.165, 1.54) is 24.6 Å². The predicted octanol–water partition coefficient (Wildman–Crippen LogP) is 9.64. The standard InChI is InChI=1S/2C13H8F2N.2C5H5.Ti/c2*14-11-6-7-13(12(15)8-11)16-9-10-4-2-1-3-5-10;2*1-2-4-5-3-1;/h2*1-7,9H;2*1-3H,4H2;/q4*-1;+4. The monoisotopic (exact) mass is 610 g/mol. The molecule has 2 aliphatic rings. The van der Waals surface area contributed by atoms with E-state index in [1.807, 2.05) is 97.1 Å². The molecule has 43 heavy (non-hydrogen) atoms. The molecular weight excluding hydrogens is 584 g/mol. The Kier molecular flexibility index (Phi) is 16.6. The average molecular weight is 610 g/mol. The molecule has 0 saturated heterocycles. The van der Waals surface area contributed by atoms with Gasteiger partial charge >= 0.3 is 21.7 Å². The maximum absolute atomic E-state index is 13.1. The predicted molar refractivity (Wildman–Crippen MR) is 161 cm³/mol. The topological polar surface area (TPSA) is 24.7 Å². The van der Waals surface area contributed by atoms with Crippen LogP contribution in [-0.4, -0.2) is 12.4 Å². The Labute approximate surface area is 265 Å². The van der Waals surface area contributed by atoms with Crippen LogP contribution < -0.4 is 0 Å². The number of hydrogen-bond donors (Lipinski definition) is 0. The molecule has 0 N–H and O–H groups in total. The summed E-state index contributed by atoms with van der Waals surface area (Å²) < 4.78 is 51.4. The van der Waals surface area contributed by atoms with Crippen LogP contribution >= 0.6 is 0 Å². The molecule has 0 spiro atoms. The van der Waals surface area contributed by atoms with Crippen LogP contribution in [0.25, 0.3) is 0 Å². The molecule has 0 aromatic heterocycles. The molecule has 4 aromatic rings. The number of halogens is 4. The number of allylic oxidation sites excluding steroid dienone is 8. The van der Waals surface area contributed by atoms with Crippen molar-refractivity contribution < 1.29 is 39.3 Å². The summed E-state index contributed by atoms with van der Waals surface area (Å²) in [4.78, 5) is 7.84. The minimum atomic E-state index is -0.785. The van der Waals surface area contributed by atoms with E-state index in [2.05, 4.69) is 34.3 Å². The van der Waals surface area contributed by atoms with E-state index in [1.54, 1.807) is 0 Å². The van der Waals surface area contributed by atoms with E-state index in [9.17, 15) is 17.6 Å². The molecule has 6 rings (SSSR count). The third-order valence-electron chi connectivity index (χ3n) is 5.16. The van der Waals surface area contributed by atoms with Crippen molar-refractivity contribution in [1.29, 1.82) is 0 Å². The fraction of sp³-hybridized carbons (Fsp3) is 0.0556. The van der Waals surface area contributed by atoms with Crippen molar-refractivity contribution in [3.05, 3.63) is 180 Å². The van der Waals surface area contributed by atoms with E-state index in [-0.39, 0.29) is 33.1 Å². The van der Waals surface area contributed by atoms with Crippen molar-refractivity contribution in [2.45, 2.75) is 12.8 Å². The molecule has 0 bridgehead atoms. The van der Waals surface area contributed by atoms with Gasteiger partial charge in [-0.3, -0.25) is 12.2 Å². The summed E-state index contributed by atoms with van der Waals surface area (Å²) >= 11 is 0. The van der Waals surface area contributed by atoms with Crippen LogP contribution in [0, 0.1) is 47.6 Å².